The third-order valence-corrected chi connectivity index (χ3v) is 3.84. The van der Waals surface area contributed by atoms with Gasteiger partial charge >= 0.3 is 6.61 Å². The van der Waals surface area contributed by atoms with Crippen molar-refractivity contribution in [3.8, 4) is 5.75 Å². The highest BCUT2D eigenvalue weighted by atomic mass is 35.5. The van der Waals surface area contributed by atoms with Gasteiger partial charge in [0, 0.05) is 19.1 Å². The van der Waals surface area contributed by atoms with Crippen LogP contribution in [0.3, 0.4) is 0 Å². The molecule has 0 bridgehead atoms. The van der Waals surface area contributed by atoms with Gasteiger partial charge < -0.3 is 10.5 Å². The molecule has 1 aliphatic rings. The third-order valence-electron chi connectivity index (χ3n) is 3.84. The summed E-state index contributed by atoms with van der Waals surface area (Å²) in [6.45, 7) is 2.20. The van der Waals surface area contributed by atoms with Crippen molar-refractivity contribution in [1.29, 1.82) is 0 Å². The lowest BCUT2D eigenvalue weighted by Gasteiger charge is -2.34. The Balaban J connectivity index is 0.00000220. The van der Waals surface area contributed by atoms with Crippen LogP contribution in [0.5, 0.6) is 5.75 Å². The van der Waals surface area contributed by atoms with Gasteiger partial charge in [-0.25, -0.2) is 0 Å². The second-order valence-corrected chi connectivity index (χ2v) is 5.52. The second kappa shape index (κ2) is 8.51. The quantitative estimate of drug-likeness (QED) is 0.905. The maximum atomic E-state index is 12.1. The average molecular weight is 321 g/mol. The highest BCUT2D eigenvalue weighted by Crippen LogP contribution is 2.21. The van der Waals surface area contributed by atoms with Gasteiger partial charge in [0.15, 0.2) is 0 Å². The van der Waals surface area contributed by atoms with E-state index in [0.29, 0.717) is 5.92 Å². The predicted octanol–water partition coefficient (Wildman–Crippen LogP) is 3.27. The van der Waals surface area contributed by atoms with Gasteiger partial charge in [0.25, 0.3) is 0 Å². The molecule has 0 radical (unpaired) electrons. The van der Waals surface area contributed by atoms with Crippen molar-refractivity contribution in [1.82, 2.24) is 4.90 Å². The van der Waals surface area contributed by atoms with Crippen molar-refractivity contribution in [3.63, 3.8) is 0 Å². The van der Waals surface area contributed by atoms with Gasteiger partial charge in [0.05, 0.1) is 0 Å². The maximum Gasteiger partial charge on any atom is 0.387 e. The second-order valence-electron chi connectivity index (χ2n) is 5.52. The van der Waals surface area contributed by atoms with E-state index in [1.54, 1.807) is 12.1 Å². The van der Waals surface area contributed by atoms with Gasteiger partial charge in [0.1, 0.15) is 5.75 Å². The summed E-state index contributed by atoms with van der Waals surface area (Å²) in [5.74, 6) is 0.751. The minimum absolute atomic E-state index is 0. The van der Waals surface area contributed by atoms with Gasteiger partial charge in [0.2, 0.25) is 0 Å². The van der Waals surface area contributed by atoms with Crippen LogP contribution in [0.4, 0.5) is 8.78 Å². The van der Waals surface area contributed by atoms with Gasteiger partial charge in [-0.3, -0.25) is 4.90 Å². The van der Waals surface area contributed by atoms with Gasteiger partial charge in [-0.15, -0.1) is 12.4 Å². The van der Waals surface area contributed by atoms with Crippen LogP contribution in [0.1, 0.15) is 25.3 Å². The highest BCUT2D eigenvalue weighted by Gasteiger charge is 2.22. The number of halogens is 3. The lowest BCUT2D eigenvalue weighted by atomic mass is 9.92. The molecule has 2 rings (SSSR count). The number of nitrogens with zero attached hydrogens (tertiary/aromatic N) is 1. The molecule has 0 aliphatic carbocycles. The SMILES string of the molecule is CC(N)C1CCCN(Cc2ccc(OC(F)F)cc2)C1.Cl. The topological polar surface area (TPSA) is 38.5 Å². The van der Waals surface area contributed by atoms with Gasteiger partial charge in [-0.05, 0) is 49.9 Å². The van der Waals surface area contributed by atoms with E-state index in [1.165, 1.54) is 12.8 Å². The molecule has 0 spiro atoms. The Bertz CT molecular complexity index is 415. The molecular formula is C15H23ClF2N2O. The van der Waals surface area contributed by atoms with E-state index >= 15 is 0 Å². The van der Waals surface area contributed by atoms with Crippen LogP contribution in [0.15, 0.2) is 24.3 Å². The fourth-order valence-electron chi connectivity index (χ4n) is 2.70. The van der Waals surface area contributed by atoms with Crippen molar-refractivity contribution in [2.75, 3.05) is 13.1 Å². The van der Waals surface area contributed by atoms with E-state index in [2.05, 4.69) is 16.6 Å². The Morgan fingerprint density at radius 3 is 2.57 bits per heavy atom. The van der Waals surface area contributed by atoms with Crippen LogP contribution in [0.2, 0.25) is 0 Å². The average Bonchev–Trinajstić information content (AvgIpc) is 2.41. The number of benzene rings is 1. The number of alkyl halides is 2. The van der Waals surface area contributed by atoms with Crippen molar-refractivity contribution in [3.05, 3.63) is 29.8 Å². The van der Waals surface area contributed by atoms with E-state index in [4.69, 9.17) is 5.73 Å². The summed E-state index contributed by atoms with van der Waals surface area (Å²) < 4.78 is 28.5. The van der Waals surface area contributed by atoms with E-state index in [0.717, 1.165) is 25.2 Å². The Morgan fingerprint density at radius 1 is 1.33 bits per heavy atom. The Kier molecular flexibility index (Phi) is 7.35. The summed E-state index contributed by atoms with van der Waals surface area (Å²) in [6.07, 6.45) is 2.36. The van der Waals surface area contributed by atoms with Crippen LogP contribution >= 0.6 is 12.4 Å². The van der Waals surface area contributed by atoms with Crippen LogP contribution in [0.25, 0.3) is 0 Å². The van der Waals surface area contributed by atoms with Crippen molar-refractivity contribution in [2.24, 2.45) is 11.7 Å². The van der Waals surface area contributed by atoms with Crippen molar-refractivity contribution < 1.29 is 13.5 Å². The number of ether oxygens (including phenoxy) is 1. The van der Waals surface area contributed by atoms with Gasteiger partial charge in [-0.1, -0.05) is 12.1 Å². The molecule has 1 saturated heterocycles. The molecule has 1 aromatic carbocycles. The zero-order chi connectivity index (χ0) is 14.5. The first-order chi connectivity index (χ1) is 9.54. The summed E-state index contributed by atoms with van der Waals surface area (Å²) in [5.41, 5.74) is 7.08. The zero-order valence-corrected chi connectivity index (χ0v) is 13.0. The third kappa shape index (κ3) is 5.77. The summed E-state index contributed by atoms with van der Waals surface area (Å²) in [4.78, 5) is 2.38. The molecule has 0 aromatic heterocycles. The molecule has 6 heteroatoms. The number of nitrogens with two attached hydrogens (primary N) is 1. The fourth-order valence-corrected chi connectivity index (χ4v) is 2.70. The maximum absolute atomic E-state index is 12.1. The number of hydrogen-bond acceptors (Lipinski definition) is 3. The minimum Gasteiger partial charge on any atom is -0.435 e. The molecule has 2 N–H and O–H groups in total. The molecular weight excluding hydrogens is 298 g/mol. The summed E-state index contributed by atoms with van der Waals surface area (Å²) in [5, 5.41) is 0. The summed E-state index contributed by atoms with van der Waals surface area (Å²) in [6, 6.07) is 7.09. The van der Waals surface area contributed by atoms with E-state index in [-0.39, 0.29) is 24.2 Å². The Labute approximate surface area is 130 Å². The lowest BCUT2D eigenvalue weighted by Crippen LogP contribution is -2.41. The number of hydrogen-bond donors (Lipinski definition) is 1. The number of likely N-dealkylation sites (tertiary alicyclic amines) is 1. The summed E-state index contributed by atoms with van der Waals surface area (Å²) in [7, 11) is 0. The number of piperidine rings is 1. The normalized spacial score (nSPS) is 20.9. The van der Waals surface area contributed by atoms with E-state index in [1.807, 2.05) is 12.1 Å². The van der Waals surface area contributed by atoms with Crippen molar-refractivity contribution in [2.45, 2.75) is 39.0 Å². The predicted molar refractivity (Wildman–Crippen MR) is 82.0 cm³/mol. The Hall–Kier alpha value is -0.910. The van der Waals surface area contributed by atoms with Crippen molar-refractivity contribution >= 4 is 12.4 Å². The van der Waals surface area contributed by atoms with Crippen LogP contribution < -0.4 is 10.5 Å². The van der Waals surface area contributed by atoms with Crippen LogP contribution in [0, 0.1) is 5.92 Å². The molecule has 21 heavy (non-hydrogen) atoms. The monoisotopic (exact) mass is 320 g/mol. The first kappa shape index (κ1) is 18.1. The molecule has 3 nitrogen and oxygen atoms in total. The highest BCUT2D eigenvalue weighted by molar-refractivity contribution is 5.85. The molecule has 120 valence electrons. The molecule has 0 saturated carbocycles. The zero-order valence-electron chi connectivity index (χ0n) is 12.2. The molecule has 1 aliphatic heterocycles. The number of rotatable bonds is 5. The largest absolute Gasteiger partial charge is 0.435 e. The molecule has 1 fully saturated rings. The van der Waals surface area contributed by atoms with E-state index in [9.17, 15) is 8.78 Å². The molecule has 0 amide bonds. The Morgan fingerprint density at radius 2 is 2.00 bits per heavy atom. The fraction of sp³-hybridized carbons (Fsp3) is 0.600. The standard InChI is InChI=1S/C15H22F2N2O.ClH/c1-11(18)13-3-2-8-19(10-13)9-12-4-6-14(7-5-12)20-15(16)17;/h4-7,11,13,15H,2-3,8-10,18H2,1H3;1H. The molecule has 1 aromatic rings. The van der Waals surface area contributed by atoms with Gasteiger partial charge in [-0.2, -0.15) is 8.78 Å². The molecule has 1 heterocycles. The molecule has 2 unspecified atom stereocenters. The lowest BCUT2D eigenvalue weighted by molar-refractivity contribution is -0.0498. The van der Waals surface area contributed by atoms with Crippen LogP contribution in [-0.4, -0.2) is 30.6 Å². The first-order valence-corrected chi connectivity index (χ1v) is 7.06. The minimum atomic E-state index is -2.77. The molecule has 2 atom stereocenters. The van der Waals surface area contributed by atoms with E-state index < -0.39 is 6.61 Å². The first-order valence-electron chi connectivity index (χ1n) is 7.06. The van der Waals surface area contributed by atoms with Crippen LogP contribution in [-0.2, 0) is 6.54 Å². The smallest absolute Gasteiger partial charge is 0.387 e. The summed E-state index contributed by atoms with van der Waals surface area (Å²) >= 11 is 0.